The largest absolute Gasteiger partial charge is 0.508 e. The van der Waals surface area contributed by atoms with Crippen molar-refractivity contribution < 1.29 is 42.8 Å². The zero-order valence-corrected chi connectivity index (χ0v) is 20.4. The summed E-state index contributed by atoms with van der Waals surface area (Å²) >= 11 is 0. The van der Waals surface area contributed by atoms with Gasteiger partial charge >= 0.3 is 18.5 Å². The van der Waals surface area contributed by atoms with Gasteiger partial charge in [0.2, 0.25) is 0 Å². The van der Waals surface area contributed by atoms with Gasteiger partial charge in [-0.2, -0.15) is 0 Å². The maximum Gasteiger partial charge on any atom is 0.508 e. The van der Waals surface area contributed by atoms with E-state index in [-0.39, 0.29) is 19.8 Å². The summed E-state index contributed by atoms with van der Waals surface area (Å²) in [5.74, 6) is 0. The minimum Gasteiger partial charge on any atom is -0.433 e. The first-order valence-electron chi connectivity index (χ1n) is 10.3. The molecule has 0 aromatic rings. The van der Waals surface area contributed by atoms with Crippen LogP contribution in [0.1, 0.15) is 62.3 Å². The molecule has 0 spiro atoms. The monoisotopic (exact) mass is 449 g/mol. The molecule has 0 saturated carbocycles. The molecule has 0 amide bonds. The van der Waals surface area contributed by atoms with E-state index in [1.54, 1.807) is 67.2 Å². The number of rotatable bonds is 9. The maximum absolute atomic E-state index is 11.7. The second-order valence-corrected chi connectivity index (χ2v) is 9.78. The van der Waals surface area contributed by atoms with Crippen LogP contribution in [-0.2, 0) is 28.4 Å². The van der Waals surface area contributed by atoms with Gasteiger partial charge in [-0.1, -0.05) is 0 Å². The molecule has 0 aromatic heterocycles. The number of ether oxygens (including phenoxy) is 6. The van der Waals surface area contributed by atoms with Gasteiger partial charge < -0.3 is 28.4 Å². The summed E-state index contributed by atoms with van der Waals surface area (Å²) in [6.45, 7) is 16.7. The molecular formula is C21H39NO9. The molecule has 10 heteroatoms. The molecule has 0 saturated heterocycles. The predicted molar refractivity (Wildman–Crippen MR) is 113 cm³/mol. The number of hydrogen-bond acceptors (Lipinski definition) is 10. The van der Waals surface area contributed by atoms with E-state index in [1.807, 2.05) is 0 Å². The third-order valence-electron chi connectivity index (χ3n) is 3.05. The fourth-order valence-corrected chi connectivity index (χ4v) is 1.95. The van der Waals surface area contributed by atoms with E-state index in [0.29, 0.717) is 19.6 Å². The summed E-state index contributed by atoms with van der Waals surface area (Å²) < 4.78 is 30.5. The number of hydrogen-bond donors (Lipinski definition) is 0. The summed E-state index contributed by atoms with van der Waals surface area (Å²) in [5, 5.41) is 0. The summed E-state index contributed by atoms with van der Waals surface area (Å²) in [7, 11) is 0. The van der Waals surface area contributed by atoms with E-state index >= 15 is 0 Å². The number of carbonyl (C=O) groups excluding carboxylic acids is 3. The first-order chi connectivity index (χ1) is 14.0. The molecule has 0 unspecified atom stereocenters. The fourth-order valence-electron chi connectivity index (χ4n) is 1.95. The van der Waals surface area contributed by atoms with Crippen molar-refractivity contribution in [3.63, 3.8) is 0 Å². The smallest absolute Gasteiger partial charge is 0.433 e. The molecule has 0 aliphatic carbocycles. The van der Waals surface area contributed by atoms with Crippen molar-refractivity contribution in [3.8, 4) is 0 Å². The third-order valence-corrected chi connectivity index (χ3v) is 3.05. The predicted octanol–water partition coefficient (Wildman–Crippen LogP) is 4.14. The molecule has 0 aromatic carbocycles. The topological polar surface area (TPSA) is 110 Å². The molecule has 0 fully saturated rings. The van der Waals surface area contributed by atoms with Crippen molar-refractivity contribution in [3.05, 3.63) is 0 Å². The molecule has 0 bridgehead atoms. The normalized spacial score (nSPS) is 12.2. The summed E-state index contributed by atoms with van der Waals surface area (Å²) in [6, 6.07) is 0. The van der Waals surface area contributed by atoms with Crippen LogP contribution in [0.25, 0.3) is 0 Å². The van der Waals surface area contributed by atoms with Gasteiger partial charge in [0, 0.05) is 19.6 Å². The van der Waals surface area contributed by atoms with Gasteiger partial charge in [0.1, 0.15) is 36.6 Å². The lowest BCUT2D eigenvalue weighted by Gasteiger charge is -2.24. The van der Waals surface area contributed by atoms with Crippen LogP contribution in [0.4, 0.5) is 14.4 Å². The average molecular weight is 450 g/mol. The molecule has 0 radical (unpaired) electrons. The Morgan fingerprint density at radius 2 is 0.742 bits per heavy atom. The molecule has 0 aliphatic heterocycles. The van der Waals surface area contributed by atoms with Crippen LogP contribution >= 0.6 is 0 Å². The Balaban J connectivity index is 4.55. The van der Waals surface area contributed by atoms with E-state index in [9.17, 15) is 14.4 Å². The molecular weight excluding hydrogens is 410 g/mol. The van der Waals surface area contributed by atoms with Gasteiger partial charge in [-0.15, -0.1) is 0 Å². The molecule has 0 rings (SSSR count). The van der Waals surface area contributed by atoms with Gasteiger partial charge in [-0.3, -0.25) is 4.90 Å². The van der Waals surface area contributed by atoms with Crippen molar-refractivity contribution >= 4 is 18.5 Å². The van der Waals surface area contributed by atoms with Crippen LogP contribution in [0.5, 0.6) is 0 Å². The third kappa shape index (κ3) is 19.5. The Kier molecular flexibility index (Phi) is 11.7. The Labute approximate surface area is 185 Å². The maximum atomic E-state index is 11.7. The van der Waals surface area contributed by atoms with Crippen molar-refractivity contribution in [1.29, 1.82) is 0 Å². The van der Waals surface area contributed by atoms with Crippen LogP contribution in [0.15, 0.2) is 0 Å². The summed E-state index contributed by atoms with van der Waals surface area (Å²) in [4.78, 5) is 36.8. The number of carbonyl (C=O) groups is 3. The first-order valence-corrected chi connectivity index (χ1v) is 10.3. The van der Waals surface area contributed by atoms with Gasteiger partial charge in [-0.05, 0) is 62.3 Å². The van der Waals surface area contributed by atoms with Crippen LogP contribution in [0.2, 0.25) is 0 Å². The summed E-state index contributed by atoms with van der Waals surface area (Å²) in [6.07, 6.45) is -2.33. The van der Waals surface area contributed by atoms with Crippen molar-refractivity contribution in [1.82, 2.24) is 4.90 Å². The van der Waals surface area contributed by atoms with Crippen LogP contribution in [0, 0.1) is 0 Å². The highest BCUT2D eigenvalue weighted by atomic mass is 16.7. The van der Waals surface area contributed by atoms with Crippen molar-refractivity contribution in [2.75, 3.05) is 39.5 Å². The van der Waals surface area contributed by atoms with E-state index in [4.69, 9.17) is 28.4 Å². The van der Waals surface area contributed by atoms with E-state index in [2.05, 4.69) is 0 Å². The quantitative estimate of drug-likeness (QED) is 0.376. The standard InChI is InChI=1S/C21H39NO9/c1-19(2,3)29-16(23)26-13-10-22(11-14-27-17(24)30-20(4,5)6)12-15-28-18(25)31-21(7,8)9/h10-15H2,1-9H3. The van der Waals surface area contributed by atoms with Crippen LogP contribution in [-0.4, -0.2) is 79.6 Å². The highest BCUT2D eigenvalue weighted by Crippen LogP contribution is 2.10. The molecule has 0 heterocycles. The highest BCUT2D eigenvalue weighted by Gasteiger charge is 2.20. The molecule has 31 heavy (non-hydrogen) atoms. The average Bonchev–Trinajstić information content (AvgIpc) is 2.49. The lowest BCUT2D eigenvalue weighted by atomic mass is 10.2. The van der Waals surface area contributed by atoms with Crippen LogP contribution in [0.3, 0.4) is 0 Å². The summed E-state index contributed by atoms with van der Waals surface area (Å²) in [5.41, 5.74) is -1.96. The van der Waals surface area contributed by atoms with Gasteiger partial charge in [0.15, 0.2) is 0 Å². The molecule has 0 aliphatic rings. The molecule has 0 atom stereocenters. The van der Waals surface area contributed by atoms with Gasteiger partial charge in [0.05, 0.1) is 0 Å². The zero-order chi connectivity index (χ0) is 24.3. The first kappa shape index (κ1) is 28.8. The highest BCUT2D eigenvalue weighted by molar-refractivity contribution is 5.61. The lowest BCUT2D eigenvalue weighted by molar-refractivity contribution is -0.0200. The van der Waals surface area contributed by atoms with E-state index < -0.39 is 35.3 Å². The van der Waals surface area contributed by atoms with Gasteiger partial charge in [-0.25, -0.2) is 14.4 Å². The second-order valence-electron chi connectivity index (χ2n) is 9.78. The van der Waals surface area contributed by atoms with E-state index in [1.165, 1.54) is 0 Å². The second kappa shape index (κ2) is 12.6. The van der Waals surface area contributed by atoms with E-state index in [0.717, 1.165) is 0 Å². The molecule has 10 nitrogen and oxygen atoms in total. The Morgan fingerprint density at radius 3 is 0.935 bits per heavy atom. The minimum absolute atomic E-state index is 0.0494. The zero-order valence-electron chi connectivity index (χ0n) is 20.4. The number of nitrogens with zero attached hydrogens (tertiary/aromatic N) is 1. The fraction of sp³-hybridized carbons (Fsp3) is 0.857. The van der Waals surface area contributed by atoms with Crippen molar-refractivity contribution in [2.24, 2.45) is 0 Å². The SMILES string of the molecule is CC(C)(C)OC(=O)OCCN(CCOC(=O)OC(C)(C)C)CCOC(=O)OC(C)(C)C. The molecule has 0 N–H and O–H groups in total. The molecule has 182 valence electrons. The van der Waals surface area contributed by atoms with Gasteiger partial charge in [0.25, 0.3) is 0 Å². The van der Waals surface area contributed by atoms with Crippen molar-refractivity contribution in [2.45, 2.75) is 79.1 Å². The lowest BCUT2D eigenvalue weighted by Crippen LogP contribution is -2.36. The van der Waals surface area contributed by atoms with Crippen LogP contribution < -0.4 is 0 Å². The Morgan fingerprint density at radius 1 is 0.516 bits per heavy atom. The Hall–Kier alpha value is -2.23. The Bertz CT molecular complexity index is 490. The minimum atomic E-state index is -0.776.